The van der Waals surface area contributed by atoms with E-state index in [1.165, 1.54) is 19.3 Å². The number of hydrogen-bond acceptors (Lipinski definition) is 0. The summed E-state index contributed by atoms with van der Waals surface area (Å²) in [6, 6.07) is 0. The van der Waals surface area contributed by atoms with Gasteiger partial charge < -0.3 is 0 Å². The molecule has 49 valence electrons. The van der Waals surface area contributed by atoms with E-state index < -0.39 is 0 Å². The van der Waals surface area contributed by atoms with Crippen LogP contribution in [0.15, 0.2) is 0 Å². The summed E-state index contributed by atoms with van der Waals surface area (Å²) < 4.78 is 0. The Balaban J connectivity index is 2.86. The molecule has 0 nitrogen and oxygen atoms in total. The van der Waals surface area contributed by atoms with E-state index in [0.717, 1.165) is 12.3 Å². The zero-order valence-corrected chi connectivity index (χ0v) is 6.11. The SMILES string of the molecule is [CH2]CCCC(C)CC. The molecular formula is C8H17. The minimum absolute atomic E-state index is 0.914. The summed E-state index contributed by atoms with van der Waals surface area (Å²) >= 11 is 0. The highest BCUT2D eigenvalue weighted by atomic mass is 14.0. The number of rotatable bonds is 4. The topological polar surface area (TPSA) is 0 Å². The standard InChI is InChI=1S/C8H17/c1-4-6-7-8(3)5-2/h8H,1,4-7H2,2-3H3. The second-order valence-electron chi connectivity index (χ2n) is 2.51. The molecule has 0 heterocycles. The van der Waals surface area contributed by atoms with Gasteiger partial charge in [0.1, 0.15) is 0 Å². The lowest BCUT2D eigenvalue weighted by Gasteiger charge is -2.04. The van der Waals surface area contributed by atoms with Crippen LogP contribution in [0.5, 0.6) is 0 Å². The van der Waals surface area contributed by atoms with E-state index >= 15 is 0 Å². The van der Waals surface area contributed by atoms with Crippen LogP contribution >= 0.6 is 0 Å². The molecule has 0 spiro atoms. The van der Waals surface area contributed by atoms with Crippen LogP contribution in [0.25, 0.3) is 0 Å². The van der Waals surface area contributed by atoms with Crippen molar-refractivity contribution in [3.05, 3.63) is 6.92 Å². The van der Waals surface area contributed by atoms with Gasteiger partial charge in [-0.05, 0) is 5.92 Å². The van der Waals surface area contributed by atoms with Crippen LogP contribution in [0.3, 0.4) is 0 Å². The smallest absolute Gasteiger partial charge is 0.0445 e. The van der Waals surface area contributed by atoms with Crippen LogP contribution < -0.4 is 0 Å². The van der Waals surface area contributed by atoms with Crippen molar-refractivity contribution < 1.29 is 0 Å². The molecule has 0 saturated carbocycles. The van der Waals surface area contributed by atoms with E-state index in [4.69, 9.17) is 0 Å². The molecule has 0 amide bonds. The van der Waals surface area contributed by atoms with Gasteiger partial charge in [0, 0.05) is 0 Å². The van der Waals surface area contributed by atoms with E-state index in [1.54, 1.807) is 0 Å². The van der Waals surface area contributed by atoms with E-state index in [2.05, 4.69) is 20.8 Å². The van der Waals surface area contributed by atoms with Crippen molar-refractivity contribution in [2.45, 2.75) is 39.5 Å². The quantitative estimate of drug-likeness (QED) is 0.525. The molecule has 0 saturated heterocycles. The van der Waals surface area contributed by atoms with E-state index in [0.29, 0.717) is 0 Å². The molecule has 1 radical (unpaired) electrons. The first-order valence-electron chi connectivity index (χ1n) is 3.60. The highest BCUT2D eigenvalue weighted by molar-refractivity contribution is 4.50. The Hall–Kier alpha value is 0. The maximum atomic E-state index is 3.79. The van der Waals surface area contributed by atoms with Gasteiger partial charge in [0.2, 0.25) is 0 Å². The molecule has 1 unspecified atom stereocenters. The Kier molecular flexibility index (Phi) is 5.14. The van der Waals surface area contributed by atoms with E-state index in [1.807, 2.05) is 0 Å². The van der Waals surface area contributed by atoms with Gasteiger partial charge in [-0.15, -0.1) is 0 Å². The van der Waals surface area contributed by atoms with Gasteiger partial charge in [0.15, 0.2) is 0 Å². The molecule has 0 rings (SSSR count). The average Bonchev–Trinajstić information content (AvgIpc) is 1.83. The van der Waals surface area contributed by atoms with Gasteiger partial charge in [0.25, 0.3) is 0 Å². The van der Waals surface area contributed by atoms with Crippen molar-refractivity contribution >= 4 is 0 Å². The Morgan fingerprint density at radius 1 is 1.50 bits per heavy atom. The predicted molar refractivity (Wildman–Crippen MR) is 38.7 cm³/mol. The zero-order chi connectivity index (χ0) is 6.41. The van der Waals surface area contributed by atoms with Crippen LogP contribution in [-0.2, 0) is 0 Å². The molecule has 0 bridgehead atoms. The summed E-state index contributed by atoms with van der Waals surface area (Å²) in [6.45, 7) is 8.34. The highest BCUT2D eigenvalue weighted by Gasteiger charge is 1.94. The third-order valence-electron chi connectivity index (χ3n) is 1.64. The Morgan fingerprint density at radius 2 is 2.12 bits per heavy atom. The minimum atomic E-state index is 0.914. The summed E-state index contributed by atoms with van der Waals surface area (Å²) in [5.41, 5.74) is 0. The van der Waals surface area contributed by atoms with Crippen LogP contribution in [0, 0.1) is 12.8 Å². The average molecular weight is 113 g/mol. The van der Waals surface area contributed by atoms with Crippen LogP contribution in [0.2, 0.25) is 0 Å². The normalized spacial score (nSPS) is 13.9. The van der Waals surface area contributed by atoms with Gasteiger partial charge in [0.05, 0.1) is 0 Å². The summed E-state index contributed by atoms with van der Waals surface area (Å²) in [6.07, 6.45) is 5.08. The van der Waals surface area contributed by atoms with Gasteiger partial charge >= 0.3 is 0 Å². The lowest BCUT2D eigenvalue weighted by atomic mass is 10.0. The van der Waals surface area contributed by atoms with Crippen LogP contribution in [0.4, 0.5) is 0 Å². The Morgan fingerprint density at radius 3 is 2.50 bits per heavy atom. The van der Waals surface area contributed by atoms with E-state index in [-0.39, 0.29) is 0 Å². The molecule has 0 fully saturated rings. The van der Waals surface area contributed by atoms with Gasteiger partial charge in [-0.25, -0.2) is 0 Å². The lowest BCUT2D eigenvalue weighted by molar-refractivity contribution is 0.498. The Labute approximate surface area is 53.3 Å². The number of unbranched alkanes of at least 4 members (excludes halogenated alkanes) is 1. The largest absolute Gasteiger partial charge is 0.0651 e. The van der Waals surface area contributed by atoms with Gasteiger partial charge in [-0.3, -0.25) is 0 Å². The van der Waals surface area contributed by atoms with Crippen LogP contribution in [-0.4, -0.2) is 0 Å². The maximum absolute atomic E-state index is 3.79. The molecule has 0 aromatic heterocycles. The van der Waals surface area contributed by atoms with Crippen molar-refractivity contribution in [2.75, 3.05) is 0 Å². The van der Waals surface area contributed by atoms with Crippen LogP contribution in [0.1, 0.15) is 39.5 Å². The van der Waals surface area contributed by atoms with Crippen molar-refractivity contribution in [3.63, 3.8) is 0 Å². The summed E-state index contributed by atoms with van der Waals surface area (Å²) in [5, 5.41) is 0. The van der Waals surface area contributed by atoms with E-state index in [9.17, 15) is 0 Å². The molecule has 0 heteroatoms. The summed E-state index contributed by atoms with van der Waals surface area (Å²) in [4.78, 5) is 0. The monoisotopic (exact) mass is 113 g/mol. The first-order chi connectivity index (χ1) is 3.81. The fraction of sp³-hybridized carbons (Fsp3) is 0.875. The molecular weight excluding hydrogens is 96.1 g/mol. The molecule has 8 heavy (non-hydrogen) atoms. The molecule has 0 N–H and O–H groups in total. The Bertz CT molecular complexity index is 39.3. The third kappa shape index (κ3) is 4.17. The first kappa shape index (κ1) is 8.00. The molecule has 0 aliphatic heterocycles. The molecule has 0 aliphatic rings. The summed E-state index contributed by atoms with van der Waals surface area (Å²) in [5.74, 6) is 0.914. The zero-order valence-electron chi connectivity index (χ0n) is 6.11. The first-order valence-corrected chi connectivity index (χ1v) is 3.60. The molecule has 1 atom stereocenters. The second-order valence-corrected chi connectivity index (χ2v) is 2.51. The van der Waals surface area contributed by atoms with Crippen molar-refractivity contribution in [1.29, 1.82) is 0 Å². The third-order valence-corrected chi connectivity index (χ3v) is 1.64. The summed E-state index contributed by atoms with van der Waals surface area (Å²) in [7, 11) is 0. The molecule has 0 aromatic rings. The van der Waals surface area contributed by atoms with Gasteiger partial charge in [-0.1, -0.05) is 46.5 Å². The molecule has 0 aliphatic carbocycles. The van der Waals surface area contributed by atoms with Crippen molar-refractivity contribution in [3.8, 4) is 0 Å². The maximum Gasteiger partial charge on any atom is -0.0445 e. The number of hydrogen-bond donors (Lipinski definition) is 0. The minimum Gasteiger partial charge on any atom is -0.0651 e. The fourth-order valence-corrected chi connectivity index (χ4v) is 0.697. The lowest BCUT2D eigenvalue weighted by Crippen LogP contribution is -1.89. The van der Waals surface area contributed by atoms with Gasteiger partial charge in [-0.2, -0.15) is 0 Å². The van der Waals surface area contributed by atoms with Crippen molar-refractivity contribution in [2.24, 2.45) is 5.92 Å². The predicted octanol–water partition coefficient (Wildman–Crippen LogP) is 3.04. The van der Waals surface area contributed by atoms with Crippen molar-refractivity contribution in [1.82, 2.24) is 0 Å². The molecule has 0 aromatic carbocycles. The highest BCUT2D eigenvalue weighted by Crippen LogP contribution is 2.09. The fourth-order valence-electron chi connectivity index (χ4n) is 0.697. The second kappa shape index (κ2) is 5.14.